The fraction of sp³-hybridized carbons (Fsp3) is 0.273. The number of amides is 1. The van der Waals surface area contributed by atoms with Gasteiger partial charge >= 0.3 is 0 Å². The zero-order chi connectivity index (χ0) is 20.5. The van der Waals surface area contributed by atoms with Gasteiger partial charge in [-0.3, -0.25) is 19.6 Å². The Kier molecular flexibility index (Phi) is 4.98. The van der Waals surface area contributed by atoms with Crippen LogP contribution in [-0.4, -0.2) is 31.7 Å². The summed E-state index contributed by atoms with van der Waals surface area (Å²) in [6.45, 7) is 3.79. The average Bonchev–Trinajstić information content (AvgIpc) is 3.01. The van der Waals surface area contributed by atoms with Crippen LogP contribution in [0.3, 0.4) is 0 Å². The number of fused-ring (bicyclic) bond motifs is 1. The van der Waals surface area contributed by atoms with E-state index in [2.05, 4.69) is 15.3 Å². The summed E-state index contributed by atoms with van der Waals surface area (Å²) >= 11 is 0. The molecule has 29 heavy (non-hydrogen) atoms. The quantitative estimate of drug-likeness (QED) is 0.707. The molecule has 1 aromatic carbocycles. The molecular weight excluding hydrogens is 368 g/mol. The molecule has 0 spiro atoms. The molecular formula is C22H22N4O3. The Bertz CT molecular complexity index is 1120. The van der Waals surface area contributed by atoms with Crippen molar-refractivity contribution in [2.75, 3.05) is 0 Å². The molecule has 0 bridgehead atoms. The van der Waals surface area contributed by atoms with Crippen LogP contribution in [-0.2, 0) is 13.0 Å². The van der Waals surface area contributed by atoms with Crippen LogP contribution in [0.1, 0.15) is 44.5 Å². The van der Waals surface area contributed by atoms with Crippen LogP contribution in [0, 0.1) is 13.8 Å². The van der Waals surface area contributed by atoms with Crippen LogP contribution in [0.15, 0.2) is 53.7 Å². The SMILES string of the molecule is Cc1cnc(Cn2ccc(C)c(C(=O)N[C@@H]3c4ccccc4C[C@@H]3O)c2=O)cn1. The van der Waals surface area contributed by atoms with E-state index in [9.17, 15) is 14.7 Å². The highest BCUT2D eigenvalue weighted by Gasteiger charge is 2.33. The first-order chi connectivity index (χ1) is 13.9. The maximum absolute atomic E-state index is 13.0. The van der Waals surface area contributed by atoms with Crippen molar-refractivity contribution in [3.05, 3.63) is 92.9 Å². The third-order valence-corrected chi connectivity index (χ3v) is 5.26. The van der Waals surface area contributed by atoms with Crippen LogP contribution in [0.4, 0.5) is 0 Å². The van der Waals surface area contributed by atoms with E-state index in [1.165, 1.54) is 4.57 Å². The van der Waals surface area contributed by atoms with E-state index in [1.807, 2.05) is 31.2 Å². The molecule has 148 valence electrons. The van der Waals surface area contributed by atoms with Gasteiger partial charge in [0.15, 0.2) is 0 Å². The van der Waals surface area contributed by atoms with Crippen molar-refractivity contribution in [1.29, 1.82) is 0 Å². The standard InChI is InChI=1S/C22H22N4O3/c1-13-7-8-26(12-16-11-23-14(2)10-24-16)22(29)19(13)21(28)25-20-17-6-4-3-5-15(17)9-18(20)27/h3-8,10-11,18,20,27H,9,12H2,1-2H3,(H,25,28)/t18-,20+/m0/s1. The van der Waals surface area contributed by atoms with Gasteiger partial charge in [0.1, 0.15) is 5.56 Å². The van der Waals surface area contributed by atoms with Gasteiger partial charge in [-0.1, -0.05) is 24.3 Å². The molecule has 0 saturated heterocycles. The molecule has 1 aliphatic carbocycles. The molecule has 0 radical (unpaired) electrons. The number of nitrogens with one attached hydrogen (secondary N) is 1. The third kappa shape index (κ3) is 3.69. The van der Waals surface area contributed by atoms with Gasteiger partial charge in [0.25, 0.3) is 11.5 Å². The number of carbonyl (C=O) groups excluding carboxylic acids is 1. The molecule has 0 aliphatic heterocycles. The minimum Gasteiger partial charge on any atom is -0.390 e. The van der Waals surface area contributed by atoms with Crippen molar-refractivity contribution in [3.63, 3.8) is 0 Å². The summed E-state index contributed by atoms with van der Waals surface area (Å²) in [4.78, 5) is 34.4. The highest BCUT2D eigenvalue weighted by Crippen LogP contribution is 2.31. The van der Waals surface area contributed by atoms with Crippen LogP contribution in [0.25, 0.3) is 0 Å². The first kappa shape index (κ1) is 19.0. The van der Waals surface area contributed by atoms with Gasteiger partial charge in [-0.15, -0.1) is 0 Å². The van der Waals surface area contributed by atoms with E-state index in [0.29, 0.717) is 17.7 Å². The second-order valence-electron chi connectivity index (χ2n) is 7.38. The molecule has 2 atom stereocenters. The Morgan fingerprint density at radius 1 is 1.21 bits per heavy atom. The molecule has 2 aromatic heterocycles. The normalized spacial score (nSPS) is 17.8. The molecule has 1 aliphatic rings. The van der Waals surface area contributed by atoms with Gasteiger partial charge in [0.05, 0.1) is 36.3 Å². The van der Waals surface area contributed by atoms with Crippen molar-refractivity contribution in [3.8, 4) is 0 Å². The summed E-state index contributed by atoms with van der Waals surface area (Å²) in [5, 5.41) is 13.3. The second-order valence-corrected chi connectivity index (χ2v) is 7.38. The number of aryl methyl sites for hydroxylation is 2. The van der Waals surface area contributed by atoms with E-state index < -0.39 is 23.6 Å². The molecule has 2 N–H and O–H groups in total. The Hall–Kier alpha value is -3.32. The highest BCUT2D eigenvalue weighted by molar-refractivity contribution is 5.95. The predicted octanol–water partition coefficient (Wildman–Crippen LogP) is 1.69. The van der Waals surface area contributed by atoms with E-state index in [-0.39, 0.29) is 12.1 Å². The number of nitrogens with zero attached hydrogens (tertiary/aromatic N) is 3. The van der Waals surface area contributed by atoms with Crippen molar-refractivity contribution in [2.24, 2.45) is 0 Å². The Labute approximate surface area is 168 Å². The second kappa shape index (κ2) is 7.60. The smallest absolute Gasteiger partial charge is 0.264 e. The van der Waals surface area contributed by atoms with Gasteiger partial charge < -0.3 is 15.0 Å². The lowest BCUT2D eigenvalue weighted by Crippen LogP contribution is -2.38. The lowest BCUT2D eigenvalue weighted by Gasteiger charge is -2.19. The largest absolute Gasteiger partial charge is 0.390 e. The summed E-state index contributed by atoms with van der Waals surface area (Å²) < 4.78 is 1.44. The average molecular weight is 390 g/mol. The zero-order valence-corrected chi connectivity index (χ0v) is 16.3. The van der Waals surface area contributed by atoms with Crippen molar-refractivity contribution in [1.82, 2.24) is 19.9 Å². The molecule has 0 fully saturated rings. The number of carbonyl (C=O) groups is 1. The fourth-order valence-electron chi connectivity index (χ4n) is 3.70. The van der Waals surface area contributed by atoms with Gasteiger partial charge in [0, 0.05) is 18.8 Å². The molecule has 7 heteroatoms. The molecule has 3 aromatic rings. The number of hydrogen-bond donors (Lipinski definition) is 2. The monoisotopic (exact) mass is 390 g/mol. The topological polar surface area (TPSA) is 97.1 Å². The fourth-order valence-corrected chi connectivity index (χ4v) is 3.70. The Balaban J connectivity index is 1.62. The maximum atomic E-state index is 13.0. The number of rotatable bonds is 4. The van der Waals surface area contributed by atoms with Crippen LogP contribution < -0.4 is 10.9 Å². The number of benzene rings is 1. The van der Waals surface area contributed by atoms with Gasteiger partial charge in [-0.05, 0) is 36.6 Å². The Morgan fingerprint density at radius 3 is 2.76 bits per heavy atom. The summed E-state index contributed by atoms with van der Waals surface area (Å²) in [6.07, 6.45) is 4.67. The summed E-state index contributed by atoms with van der Waals surface area (Å²) in [6, 6.07) is 8.81. The molecule has 4 rings (SSSR count). The Morgan fingerprint density at radius 2 is 2.00 bits per heavy atom. The number of aliphatic hydroxyl groups excluding tert-OH is 1. The number of pyridine rings is 1. The molecule has 1 amide bonds. The first-order valence-corrected chi connectivity index (χ1v) is 9.48. The van der Waals surface area contributed by atoms with Crippen LogP contribution in [0.5, 0.6) is 0 Å². The van der Waals surface area contributed by atoms with E-state index >= 15 is 0 Å². The molecule has 0 unspecified atom stereocenters. The lowest BCUT2D eigenvalue weighted by atomic mass is 10.1. The predicted molar refractivity (Wildman–Crippen MR) is 108 cm³/mol. The number of hydrogen-bond acceptors (Lipinski definition) is 5. The van der Waals surface area contributed by atoms with Crippen LogP contribution >= 0.6 is 0 Å². The number of aliphatic hydroxyl groups is 1. The first-order valence-electron chi connectivity index (χ1n) is 9.48. The molecule has 2 heterocycles. The summed E-state index contributed by atoms with van der Waals surface area (Å²) in [5.41, 5.74) is 3.57. The minimum atomic E-state index is -0.717. The zero-order valence-electron chi connectivity index (χ0n) is 16.3. The molecule has 7 nitrogen and oxygen atoms in total. The summed E-state index contributed by atoms with van der Waals surface area (Å²) in [5.74, 6) is -0.488. The third-order valence-electron chi connectivity index (χ3n) is 5.26. The molecule has 0 saturated carbocycles. The van der Waals surface area contributed by atoms with Gasteiger partial charge in [-0.2, -0.15) is 0 Å². The van der Waals surface area contributed by atoms with Crippen LogP contribution in [0.2, 0.25) is 0 Å². The van der Waals surface area contributed by atoms with Gasteiger partial charge in [-0.25, -0.2) is 0 Å². The van der Waals surface area contributed by atoms with E-state index in [4.69, 9.17) is 0 Å². The van der Waals surface area contributed by atoms with E-state index in [1.54, 1.807) is 31.6 Å². The van der Waals surface area contributed by atoms with Crippen molar-refractivity contribution < 1.29 is 9.90 Å². The highest BCUT2D eigenvalue weighted by atomic mass is 16.3. The maximum Gasteiger partial charge on any atom is 0.264 e. The van der Waals surface area contributed by atoms with Crippen molar-refractivity contribution in [2.45, 2.75) is 39.0 Å². The minimum absolute atomic E-state index is 0.0733. The number of aromatic nitrogens is 3. The summed E-state index contributed by atoms with van der Waals surface area (Å²) in [7, 11) is 0. The van der Waals surface area contributed by atoms with Crippen molar-refractivity contribution >= 4 is 5.91 Å². The lowest BCUT2D eigenvalue weighted by molar-refractivity contribution is 0.0855. The van der Waals surface area contributed by atoms with E-state index in [0.717, 1.165) is 16.8 Å². The van der Waals surface area contributed by atoms with Gasteiger partial charge in [0.2, 0.25) is 0 Å².